The molecule has 5 nitrogen and oxygen atoms in total. The molecule has 0 N–H and O–H groups in total. The summed E-state index contributed by atoms with van der Waals surface area (Å²) in [6.45, 7) is 7.19. The van der Waals surface area contributed by atoms with Crippen molar-refractivity contribution in [1.82, 2.24) is 15.0 Å². The smallest absolute Gasteiger partial charge is 0.204 e. The number of nitrogens with zero attached hydrogens (tertiary/aromatic N) is 3. The van der Waals surface area contributed by atoms with Crippen molar-refractivity contribution in [2.45, 2.75) is 39.9 Å². The van der Waals surface area contributed by atoms with Gasteiger partial charge >= 0.3 is 0 Å². The predicted molar refractivity (Wildman–Crippen MR) is 81.3 cm³/mol. The lowest BCUT2D eigenvalue weighted by Gasteiger charge is -2.13. The normalized spacial score (nSPS) is 11.2. The Kier molecular flexibility index (Phi) is 5.90. The van der Waals surface area contributed by atoms with Gasteiger partial charge in [0.15, 0.2) is 0 Å². The fourth-order valence-electron chi connectivity index (χ4n) is 2.24. The number of para-hydroxylation sites is 1. The van der Waals surface area contributed by atoms with E-state index in [0.29, 0.717) is 18.9 Å². The van der Waals surface area contributed by atoms with Crippen LogP contribution < -0.4 is 0 Å². The molecule has 0 atom stereocenters. The van der Waals surface area contributed by atoms with Crippen molar-refractivity contribution in [1.29, 1.82) is 0 Å². The minimum Gasteiger partial charge on any atom is -0.347 e. The van der Waals surface area contributed by atoms with Crippen LogP contribution in [0.3, 0.4) is 0 Å². The molecule has 2 aromatic rings. The first kappa shape index (κ1) is 15.7. The summed E-state index contributed by atoms with van der Waals surface area (Å²) < 4.78 is 12.9. The molecule has 0 saturated heterocycles. The zero-order valence-corrected chi connectivity index (χ0v) is 13.0. The van der Waals surface area contributed by atoms with Crippen molar-refractivity contribution in [3.8, 4) is 5.69 Å². The van der Waals surface area contributed by atoms with Crippen LogP contribution in [-0.4, -0.2) is 28.2 Å². The second kappa shape index (κ2) is 7.90. The van der Waals surface area contributed by atoms with Gasteiger partial charge in [0.25, 0.3) is 0 Å². The van der Waals surface area contributed by atoms with Gasteiger partial charge in [-0.3, -0.25) is 0 Å². The van der Waals surface area contributed by atoms with Crippen LogP contribution in [-0.2, 0) is 15.9 Å². The van der Waals surface area contributed by atoms with Crippen LogP contribution in [0.1, 0.15) is 44.7 Å². The van der Waals surface area contributed by atoms with Gasteiger partial charge in [0.05, 0.1) is 11.9 Å². The highest BCUT2D eigenvalue weighted by Crippen LogP contribution is 2.20. The van der Waals surface area contributed by atoms with Crippen molar-refractivity contribution in [3.05, 3.63) is 41.7 Å². The average Bonchev–Trinajstić information content (AvgIpc) is 2.97. The molecule has 21 heavy (non-hydrogen) atoms. The first-order chi connectivity index (χ1) is 10.3. The summed E-state index contributed by atoms with van der Waals surface area (Å²) >= 11 is 0. The monoisotopic (exact) mass is 289 g/mol. The van der Waals surface area contributed by atoms with Gasteiger partial charge in [0, 0.05) is 13.2 Å². The second-order valence-corrected chi connectivity index (χ2v) is 4.71. The molecule has 0 aliphatic rings. The van der Waals surface area contributed by atoms with E-state index in [1.165, 1.54) is 5.56 Å². The van der Waals surface area contributed by atoms with Crippen LogP contribution in [0.15, 0.2) is 30.5 Å². The number of hydrogen-bond acceptors (Lipinski definition) is 4. The zero-order chi connectivity index (χ0) is 15.1. The minimum atomic E-state index is -0.452. The summed E-state index contributed by atoms with van der Waals surface area (Å²) in [7, 11) is 0. The number of aromatic nitrogens is 3. The molecule has 0 radical (unpaired) electrons. The maximum absolute atomic E-state index is 5.56. The highest BCUT2D eigenvalue weighted by Gasteiger charge is 2.16. The first-order valence-corrected chi connectivity index (χ1v) is 7.53. The molecule has 0 aliphatic carbocycles. The largest absolute Gasteiger partial charge is 0.347 e. The standard InChI is InChI=1S/C16H23N3O2/c1-4-9-13-10-7-8-11-15(13)19-12-14(17-18-19)16(20-5-2)21-6-3/h7-8,10-12,16H,4-6,9H2,1-3H3. The molecule has 0 bridgehead atoms. The van der Waals surface area contributed by atoms with Gasteiger partial charge in [-0.15, -0.1) is 5.10 Å². The topological polar surface area (TPSA) is 49.2 Å². The highest BCUT2D eigenvalue weighted by atomic mass is 16.7. The second-order valence-electron chi connectivity index (χ2n) is 4.71. The highest BCUT2D eigenvalue weighted by molar-refractivity contribution is 5.40. The van der Waals surface area contributed by atoms with E-state index in [0.717, 1.165) is 18.5 Å². The van der Waals surface area contributed by atoms with E-state index in [4.69, 9.17) is 9.47 Å². The van der Waals surface area contributed by atoms with Gasteiger partial charge in [-0.25, -0.2) is 4.68 Å². The molecule has 1 aromatic heterocycles. The Labute approximate surface area is 125 Å². The van der Waals surface area contributed by atoms with Crippen LogP contribution in [0, 0.1) is 0 Å². The molecule has 0 unspecified atom stereocenters. The lowest BCUT2D eigenvalue weighted by molar-refractivity contribution is -0.142. The fraction of sp³-hybridized carbons (Fsp3) is 0.500. The Bertz CT molecular complexity index is 548. The zero-order valence-electron chi connectivity index (χ0n) is 13.0. The summed E-state index contributed by atoms with van der Waals surface area (Å²) in [6.07, 6.45) is 3.54. The minimum absolute atomic E-state index is 0.452. The molecule has 1 heterocycles. The molecular formula is C16H23N3O2. The van der Waals surface area contributed by atoms with E-state index in [1.807, 2.05) is 26.1 Å². The van der Waals surface area contributed by atoms with Gasteiger partial charge < -0.3 is 9.47 Å². The molecule has 0 spiro atoms. The Morgan fingerprint density at radius 1 is 1.10 bits per heavy atom. The molecule has 0 amide bonds. The van der Waals surface area contributed by atoms with E-state index in [1.54, 1.807) is 4.68 Å². The van der Waals surface area contributed by atoms with E-state index >= 15 is 0 Å². The van der Waals surface area contributed by atoms with Crippen molar-refractivity contribution < 1.29 is 9.47 Å². The van der Waals surface area contributed by atoms with Crippen LogP contribution in [0.5, 0.6) is 0 Å². The summed E-state index contributed by atoms with van der Waals surface area (Å²) in [5.74, 6) is 0. The van der Waals surface area contributed by atoms with E-state index < -0.39 is 6.29 Å². The number of aryl methyl sites for hydroxylation is 1. The third kappa shape index (κ3) is 3.89. The van der Waals surface area contributed by atoms with Gasteiger partial charge in [-0.05, 0) is 31.9 Å². The molecule has 2 rings (SSSR count). The summed E-state index contributed by atoms with van der Waals surface area (Å²) in [5.41, 5.74) is 3.02. The van der Waals surface area contributed by atoms with Crippen LogP contribution >= 0.6 is 0 Å². The van der Waals surface area contributed by atoms with E-state index in [2.05, 4.69) is 35.4 Å². The van der Waals surface area contributed by atoms with Crippen molar-refractivity contribution in [3.63, 3.8) is 0 Å². The molecule has 0 saturated carbocycles. The summed E-state index contributed by atoms with van der Waals surface area (Å²) in [5, 5.41) is 8.42. The van der Waals surface area contributed by atoms with Crippen molar-refractivity contribution in [2.75, 3.05) is 13.2 Å². The maximum Gasteiger partial charge on any atom is 0.204 e. The number of hydrogen-bond donors (Lipinski definition) is 0. The lowest BCUT2D eigenvalue weighted by Crippen LogP contribution is -2.09. The Morgan fingerprint density at radius 3 is 2.48 bits per heavy atom. The summed E-state index contributed by atoms with van der Waals surface area (Å²) in [6, 6.07) is 8.25. The molecule has 0 aliphatic heterocycles. The van der Waals surface area contributed by atoms with Crippen LogP contribution in [0.4, 0.5) is 0 Å². The van der Waals surface area contributed by atoms with Gasteiger partial charge in [0.1, 0.15) is 5.69 Å². The number of benzene rings is 1. The maximum atomic E-state index is 5.56. The van der Waals surface area contributed by atoms with E-state index in [9.17, 15) is 0 Å². The number of ether oxygens (including phenoxy) is 2. The van der Waals surface area contributed by atoms with Gasteiger partial charge in [0.2, 0.25) is 6.29 Å². The number of rotatable bonds is 8. The predicted octanol–water partition coefficient (Wildman–Crippen LogP) is 3.29. The molecule has 5 heteroatoms. The third-order valence-corrected chi connectivity index (χ3v) is 3.15. The molecular weight excluding hydrogens is 266 g/mol. The Hall–Kier alpha value is -1.72. The van der Waals surface area contributed by atoms with Gasteiger partial charge in [-0.2, -0.15) is 0 Å². The van der Waals surface area contributed by atoms with E-state index in [-0.39, 0.29) is 0 Å². The Balaban J connectivity index is 2.26. The summed E-state index contributed by atoms with van der Waals surface area (Å²) in [4.78, 5) is 0. The third-order valence-electron chi connectivity index (χ3n) is 3.15. The SMILES string of the molecule is CCCc1ccccc1-n1cc(C(OCC)OCC)nn1. The lowest BCUT2D eigenvalue weighted by atomic mass is 10.1. The van der Waals surface area contributed by atoms with Crippen molar-refractivity contribution in [2.24, 2.45) is 0 Å². The first-order valence-electron chi connectivity index (χ1n) is 7.53. The Morgan fingerprint density at radius 2 is 1.81 bits per heavy atom. The van der Waals surface area contributed by atoms with Crippen LogP contribution in [0.2, 0.25) is 0 Å². The van der Waals surface area contributed by atoms with Crippen LogP contribution in [0.25, 0.3) is 5.69 Å². The molecule has 0 fully saturated rings. The quantitative estimate of drug-likeness (QED) is 0.700. The average molecular weight is 289 g/mol. The van der Waals surface area contributed by atoms with Gasteiger partial charge in [-0.1, -0.05) is 36.8 Å². The molecule has 114 valence electrons. The molecule has 1 aromatic carbocycles. The fourth-order valence-corrected chi connectivity index (χ4v) is 2.24. The van der Waals surface area contributed by atoms with Crippen molar-refractivity contribution >= 4 is 0 Å².